The predicted octanol–water partition coefficient (Wildman–Crippen LogP) is 1.19. The summed E-state index contributed by atoms with van der Waals surface area (Å²) < 4.78 is 5.82. The number of benzene rings is 1. The summed E-state index contributed by atoms with van der Waals surface area (Å²) in [5.41, 5.74) is 5.38. The summed E-state index contributed by atoms with van der Waals surface area (Å²) >= 11 is 0. The van der Waals surface area contributed by atoms with E-state index in [4.69, 9.17) is 10.5 Å². The third-order valence-corrected chi connectivity index (χ3v) is 3.28. The van der Waals surface area contributed by atoms with Crippen LogP contribution >= 0.6 is 0 Å². The van der Waals surface area contributed by atoms with Gasteiger partial charge in [-0.3, -0.25) is 4.79 Å². The molecule has 112 valence electrons. The Labute approximate surface area is 120 Å². The van der Waals surface area contributed by atoms with Crippen LogP contribution in [0.1, 0.15) is 32.8 Å². The van der Waals surface area contributed by atoms with Crippen molar-refractivity contribution in [3.05, 3.63) is 29.8 Å². The maximum atomic E-state index is 11.6. The molecule has 0 aromatic heterocycles. The molecule has 4 N–H and O–H groups in total. The van der Waals surface area contributed by atoms with Gasteiger partial charge < -0.3 is 20.9 Å². The lowest BCUT2D eigenvalue weighted by Gasteiger charge is -2.30. The highest BCUT2D eigenvalue weighted by Crippen LogP contribution is 2.22. The van der Waals surface area contributed by atoms with Crippen LogP contribution in [0.5, 0.6) is 5.75 Å². The molecule has 0 bridgehead atoms. The number of carbonyl (C=O) groups is 1. The zero-order chi connectivity index (χ0) is 15.2. The van der Waals surface area contributed by atoms with E-state index in [0.717, 1.165) is 5.56 Å². The molecule has 0 aliphatic rings. The topological polar surface area (TPSA) is 84.6 Å². The number of hydrogen-bond acceptors (Lipinski definition) is 4. The van der Waals surface area contributed by atoms with Crippen LogP contribution in [-0.4, -0.2) is 29.2 Å². The predicted molar refractivity (Wildman–Crippen MR) is 78.3 cm³/mol. The van der Waals surface area contributed by atoms with Gasteiger partial charge >= 0.3 is 0 Å². The van der Waals surface area contributed by atoms with Crippen molar-refractivity contribution in [3.8, 4) is 5.75 Å². The molecule has 0 heterocycles. The molecule has 1 aromatic rings. The van der Waals surface area contributed by atoms with Gasteiger partial charge in [-0.15, -0.1) is 0 Å². The molecule has 0 saturated heterocycles. The average molecular weight is 280 g/mol. The van der Waals surface area contributed by atoms with Crippen LogP contribution in [0.15, 0.2) is 24.3 Å². The fourth-order valence-corrected chi connectivity index (χ4v) is 2.23. The van der Waals surface area contributed by atoms with Gasteiger partial charge in [-0.1, -0.05) is 25.1 Å². The van der Waals surface area contributed by atoms with Crippen LogP contribution in [0.25, 0.3) is 0 Å². The quantitative estimate of drug-likeness (QED) is 0.668. The van der Waals surface area contributed by atoms with Crippen molar-refractivity contribution in [3.63, 3.8) is 0 Å². The van der Waals surface area contributed by atoms with Crippen molar-refractivity contribution >= 4 is 5.91 Å². The first-order chi connectivity index (χ1) is 9.42. The van der Waals surface area contributed by atoms with Crippen molar-refractivity contribution < 1.29 is 14.6 Å². The highest BCUT2D eigenvalue weighted by atomic mass is 16.5. The van der Waals surface area contributed by atoms with E-state index in [-0.39, 0.29) is 12.7 Å². The Balaban J connectivity index is 2.75. The molecule has 0 radical (unpaired) electrons. The lowest BCUT2D eigenvalue weighted by atomic mass is 9.94. The molecule has 0 aliphatic heterocycles. The van der Waals surface area contributed by atoms with Crippen LogP contribution in [0.2, 0.25) is 0 Å². The lowest BCUT2D eigenvalue weighted by molar-refractivity contribution is -0.124. The Morgan fingerprint density at radius 3 is 2.70 bits per heavy atom. The third kappa shape index (κ3) is 4.21. The molecule has 5 nitrogen and oxygen atoms in total. The van der Waals surface area contributed by atoms with E-state index in [1.165, 1.54) is 0 Å². The van der Waals surface area contributed by atoms with Gasteiger partial charge in [0.05, 0.1) is 18.2 Å². The van der Waals surface area contributed by atoms with Crippen molar-refractivity contribution in [1.29, 1.82) is 0 Å². The van der Waals surface area contributed by atoms with Crippen LogP contribution in [0, 0.1) is 0 Å². The molecular weight excluding hydrogens is 256 g/mol. The SMILES string of the molecule is CCNC(C)(CC(C)Oc1ccccc1CO)C(N)=O. The van der Waals surface area contributed by atoms with E-state index >= 15 is 0 Å². The fourth-order valence-electron chi connectivity index (χ4n) is 2.23. The number of hydrogen-bond donors (Lipinski definition) is 3. The summed E-state index contributed by atoms with van der Waals surface area (Å²) in [7, 11) is 0. The number of ether oxygens (including phenoxy) is 1. The molecule has 20 heavy (non-hydrogen) atoms. The van der Waals surface area contributed by atoms with Crippen molar-refractivity contribution in [2.24, 2.45) is 5.73 Å². The zero-order valence-electron chi connectivity index (χ0n) is 12.3. The van der Waals surface area contributed by atoms with Gasteiger partial charge in [-0.25, -0.2) is 0 Å². The van der Waals surface area contributed by atoms with Crippen LogP contribution < -0.4 is 15.8 Å². The van der Waals surface area contributed by atoms with Crippen LogP contribution in [0.3, 0.4) is 0 Å². The second kappa shape index (κ2) is 7.26. The van der Waals surface area contributed by atoms with Crippen molar-refractivity contribution in [1.82, 2.24) is 5.32 Å². The molecule has 1 rings (SSSR count). The van der Waals surface area contributed by atoms with E-state index < -0.39 is 11.4 Å². The number of para-hydroxylation sites is 1. The monoisotopic (exact) mass is 280 g/mol. The normalized spacial score (nSPS) is 15.4. The summed E-state index contributed by atoms with van der Waals surface area (Å²) in [5.74, 6) is 0.232. The largest absolute Gasteiger partial charge is 0.490 e. The van der Waals surface area contributed by atoms with Gasteiger partial charge in [-0.2, -0.15) is 0 Å². The summed E-state index contributed by atoms with van der Waals surface area (Å²) in [6, 6.07) is 7.30. The second-order valence-electron chi connectivity index (χ2n) is 5.13. The summed E-state index contributed by atoms with van der Waals surface area (Å²) in [6.45, 7) is 6.15. The van der Waals surface area contributed by atoms with Gasteiger partial charge in [0.2, 0.25) is 5.91 Å². The van der Waals surface area contributed by atoms with E-state index in [1.807, 2.05) is 26.0 Å². The first-order valence-corrected chi connectivity index (χ1v) is 6.83. The molecule has 2 atom stereocenters. The number of likely N-dealkylation sites (N-methyl/N-ethyl adjacent to an activating group) is 1. The van der Waals surface area contributed by atoms with Crippen molar-refractivity contribution in [2.75, 3.05) is 6.54 Å². The highest BCUT2D eigenvalue weighted by molar-refractivity contribution is 5.84. The number of carbonyl (C=O) groups excluding carboxylic acids is 1. The maximum absolute atomic E-state index is 11.6. The minimum atomic E-state index is -0.803. The van der Waals surface area contributed by atoms with Crippen LogP contribution in [0.4, 0.5) is 0 Å². The first kappa shape index (κ1) is 16.5. The Hall–Kier alpha value is -1.59. The number of nitrogens with one attached hydrogen (secondary N) is 1. The first-order valence-electron chi connectivity index (χ1n) is 6.83. The van der Waals surface area contributed by atoms with Gasteiger partial charge in [0.15, 0.2) is 0 Å². The summed E-state index contributed by atoms with van der Waals surface area (Å²) in [6.07, 6.45) is 0.245. The van der Waals surface area contributed by atoms with E-state index in [1.54, 1.807) is 19.1 Å². The number of aliphatic hydroxyl groups is 1. The molecule has 5 heteroatoms. The maximum Gasteiger partial charge on any atom is 0.237 e. The number of amides is 1. The lowest BCUT2D eigenvalue weighted by Crippen LogP contribution is -2.55. The number of rotatable bonds is 8. The van der Waals surface area contributed by atoms with Crippen LogP contribution in [-0.2, 0) is 11.4 Å². The smallest absolute Gasteiger partial charge is 0.237 e. The molecule has 0 fully saturated rings. The summed E-state index contributed by atoms with van der Waals surface area (Å²) in [4.78, 5) is 11.6. The third-order valence-electron chi connectivity index (χ3n) is 3.28. The second-order valence-corrected chi connectivity index (χ2v) is 5.13. The Bertz CT molecular complexity index is 450. The molecule has 1 amide bonds. The van der Waals surface area contributed by atoms with E-state index in [9.17, 15) is 9.90 Å². The van der Waals surface area contributed by atoms with Gasteiger partial charge in [-0.05, 0) is 26.5 Å². The molecule has 0 saturated carbocycles. The molecule has 1 aromatic carbocycles. The summed E-state index contributed by atoms with van der Waals surface area (Å²) in [5, 5.41) is 12.4. The average Bonchev–Trinajstić information content (AvgIpc) is 2.39. The zero-order valence-corrected chi connectivity index (χ0v) is 12.3. The number of primary amides is 1. The van der Waals surface area contributed by atoms with Gasteiger partial charge in [0.1, 0.15) is 5.75 Å². The highest BCUT2D eigenvalue weighted by Gasteiger charge is 2.32. The number of aliphatic hydroxyl groups excluding tert-OH is 1. The van der Waals surface area contributed by atoms with Gasteiger partial charge in [0.25, 0.3) is 0 Å². The minimum Gasteiger partial charge on any atom is -0.490 e. The molecule has 0 aliphatic carbocycles. The molecular formula is C15H24N2O3. The van der Waals surface area contributed by atoms with Crippen molar-refractivity contribution in [2.45, 2.75) is 45.4 Å². The van der Waals surface area contributed by atoms with E-state index in [2.05, 4.69) is 5.32 Å². The minimum absolute atomic E-state index is 0.0802. The van der Waals surface area contributed by atoms with E-state index in [0.29, 0.717) is 18.7 Å². The Kier molecular flexibility index (Phi) is 5.98. The molecule has 2 unspecified atom stereocenters. The standard InChI is InChI=1S/C15H24N2O3/c1-4-17-15(3,14(16)19)9-11(2)20-13-8-6-5-7-12(13)10-18/h5-8,11,17-18H,4,9-10H2,1-3H3,(H2,16,19). The Morgan fingerprint density at radius 2 is 2.15 bits per heavy atom. The fraction of sp³-hybridized carbons (Fsp3) is 0.533. The number of nitrogens with two attached hydrogens (primary N) is 1. The molecule has 0 spiro atoms. The van der Waals surface area contributed by atoms with Gasteiger partial charge in [0, 0.05) is 12.0 Å². The Morgan fingerprint density at radius 1 is 1.50 bits per heavy atom.